The highest BCUT2D eigenvalue weighted by atomic mass is 16.3. The average molecular weight is 717 g/mol. The zero-order chi connectivity index (χ0) is 36.7. The Kier molecular flexibility index (Phi) is 6.60. The minimum absolute atomic E-state index is 0.865. The lowest BCUT2D eigenvalue weighted by atomic mass is 9.96. The number of fused-ring (bicyclic) bond motifs is 11. The van der Waals surface area contributed by atoms with E-state index in [1.807, 2.05) is 12.1 Å². The largest absolute Gasteiger partial charge is 0.456 e. The van der Waals surface area contributed by atoms with E-state index in [0.717, 1.165) is 88.5 Å². The highest BCUT2D eigenvalue weighted by Gasteiger charge is 2.23. The predicted molar refractivity (Wildman–Crippen MR) is 233 cm³/mol. The lowest BCUT2D eigenvalue weighted by Gasteiger charge is -2.28. The van der Waals surface area contributed by atoms with Gasteiger partial charge < -0.3 is 18.3 Å². The maximum Gasteiger partial charge on any atom is 0.143 e. The summed E-state index contributed by atoms with van der Waals surface area (Å²) in [7, 11) is 0. The molecule has 0 spiro atoms. The normalized spacial score (nSPS) is 11.9. The second kappa shape index (κ2) is 12.0. The monoisotopic (exact) mass is 716 g/mol. The highest BCUT2D eigenvalue weighted by Crippen LogP contribution is 2.47. The third-order valence-electron chi connectivity index (χ3n) is 11.4. The number of anilines is 3. The van der Waals surface area contributed by atoms with Gasteiger partial charge in [-0.3, -0.25) is 0 Å². The molecule has 0 aliphatic heterocycles. The molecule has 262 valence electrons. The van der Waals surface area contributed by atoms with E-state index in [-0.39, 0.29) is 0 Å². The molecule has 12 aromatic rings. The van der Waals surface area contributed by atoms with Crippen LogP contribution in [0.15, 0.2) is 203 Å². The molecule has 0 bridgehead atoms. The molecule has 0 saturated carbocycles. The Morgan fingerprint density at radius 1 is 0.375 bits per heavy atom. The molecule has 0 atom stereocenters. The van der Waals surface area contributed by atoms with Gasteiger partial charge in [0, 0.05) is 60.3 Å². The van der Waals surface area contributed by atoms with Gasteiger partial charge in [0.05, 0.1) is 16.7 Å². The molecule has 4 nitrogen and oxygen atoms in total. The van der Waals surface area contributed by atoms with E-state index in [4.69, 9.17) is 8.83 Å². The van der Waals surface area contributed by atoms with Gasteiger partial charge in [-0.05, 0) is 83.7 Å². The molecule has 56 heavy (non-hydrogen) atoms. The molecule has 0 aliphatic rings. The van der Waals surface area contributed by atoms with Crippen molar-refractivity contribution in [3.05, 3.63) is 194 Å². The Hall–Kier alpha value is -7.56. The Labute approximate surface area is 321 Å². The minimum Gasteiger partial charge on any atom is -0.456 e. The maximum absolute atomic E-state index is 6.68. The Morgan fingerprint density at radius 2 is 1.02 bits per heavy atom. The lowest BCUT2D eigenvalue weighted by Crippen LogP contribution is -2.12. The standard InChI is InChI=1S/C52H32N2O2/c1-2-16-37-33(13-1)27-29-43-51-42(21-12-26-50(51)56-52(37)43)40-19-5-7-22-45(40)53(36-28-30-49-44(32-36)41-20-6-10-25-48(41)55-49)34-14-11-15-35(31-34)54-46-23-8-3-17-38(46)39-18-4-9-24-47(39)54/h1-32H. The van der Waals surface area contributed by atoms with Gasteiger partial charge in [0.25, 0.3) is 0 Å². The van der Waals surface area contributed by atoms with E-state index in [0.29, 0.717) is 0 Å². The third kappa shape index (κ3) is 4.53. The molecule has 4 heteroatoms. The highest BCUT2D eigenvalue weighted by molar-refractivity contribution is 6.20. The van der Waals surface area contributed by atoms with Crippen LogP contribution in [-0.4, -0.2) is 4.57 Å². The average Bonchev–Trinajstić information content (AvgIpc) is 3.94. The van der Waals surface area contributed by atoms with Gasteiger partial charge in [-0.1, -0.05) is 121 Å². The molecule has 12 rings (SSSR count). The fraction of sp³-hybridized carbons (Fsp3) is 0. The number of benzene rings is 9. The lowest BCUT2D eigenvalue weighted by molar-refractivity contribution is 0.669. The Bertz CT molecular complexity index is 3460. The molecular weight excluding hydrogens is 685 g/mol. The van der Waals surface area contributed by atoms with Crippen LogP contribution >= 0.6 is 0 Å². The first-order valence-electron chi connectivity index (χ1n) is 19.0. The van der Waals surface area contributed by atoms with Crippen LogP contribution in [-0.2, 0) is 0 Å². The van der Waals surface area contributed by atoms with Crippen molar-refractivity contribution in [2.75, 3.05) is 4.90 Å². The van der Waals surface area contributed by atoms with Gasteiger partial charge in [-0.25, -0.2) is 0 Å². The summed E-state index contributed by atoms with van der Waals surface area (Å²) < 4.78 is 15.4. The summed E-state index contributed by atoms with van der Waals surface area (Å²) in [6.45, 7) is 0. The molecule has 0 fully saturated rings. The van der Waals surface area contributed by atoms with Crippen molar-refractivity contribution in [2.45, 2.75) is 0 Å². The van der Waals surface area contributed by atoms with E-state index in [9.17, 15) is 0 Å². The summed E-state index contributed by atoms with van der Waals surface area (Å²) >= 11 is 0. The van der Waals surface area contributed by atoms with Crippen molar-refractivity contribution in [3.8, 4) is 16.8 Å². The van der Waals surface area contributed by atoms with Crippen LogP contribution in [0.2, 0.25) is 0 Å². The summed E-state index contributed by atoms with van der Waals surface area (Å²) in [5.41, 5.74) is 12.3. The van der Waals surface area contributed by atoms with Gasteiger partial charge >= 0.3 is 0 Å². The first-order valence-corrected chi connectivity index (χ1v) is 19.0. The van der Waals surface area contributed by atoms with Crippen LogP contribution in [0.4, 0.5) is 17.1 Å². The molecule has 3 heterocycles. The van der Waals surface area contributed by atoms with Crippen LogP contribution in [0.25, 0.3) is 93.3 Å². The van der Waals surface area contributed by atoms with E-state index < -0.39 is 0 Å². The molecule has 0 unspecified atom stereocenters. The minimum atomic E-state index is 0.865. The summed E-state index contributed by atoms with van der Waals surface area (Å²) in [5.74, 6) is 0. The summed E-state index contributed by atoms with van der Waals surface area (Å²) in [4.78, 5) is 2.39. The van der Waals surface area contributed by atoms with E-state index in [2.05, 4.69) is 191 Å². The topological polar surface area (TPSA) is 34.5 Å². The summed E-state index contributed by atoms with van der Waals surface area (Å²) in [6.07, 6.45) is 0. The number of nitrogens with zero attached hydrogens (tertiary/aromatic N) is 2. The SMILES string of the molecule is c1cc(N(c2ccc3oc4ccccc4c3c2)c2ccccc2-c2cccc3oc4c5ccccc5ccc4c23)cc(-n2c3ccccc3c3ccccc32)c1. The molecule has 9 aromatic carbocycles. The zero-order valence-corrected chi connectivity index (χ0v) is 30.2. The number of hydrogen-bond donors (Lipinski definition) is 0. The number of rotatable bonds is 5. The quantitative estimate of drug-likeness (QED) is 0.178. The molecule has 0 aliphatic carbocycles. The van der Waals surface area contributed by atoms with Crippen molar-refractivity contribution >= 4 is 93.5 Å². The smallest absolute Gasteiger partial charge is 0.143 e. The molecule has 3 aromatic heterocycles. The molecular formula is C52H32N2O2. The fourth-order valence-corrected chi connectivity index (χ4v) is 8.93. The number of furan rings is 2. The van der Waals surface area contributed by atoms with Crippen LogP contribution in [0.3, 0.4) is 0 Å². The van der Waals surface area contributed by atoms with Gasteiger partial charge in [0.2, 0.25) is 0 Å². The van der Waals surface area contributed by atoms with Gasteiger partial charge in [0.15, 0.2) is 0 Å². The van der Waals surface area contributed by atoms with Gasteiger partial charge in [-0.2, -0.15) is 0 Å². The Balaban J connectivity index is 1.13. The zero-order valence-electron chi connectivity index (χ0n) is 30.2. The summed E-state index contributed by atoms with van der Waals surface area (Å²) in [6, 6.07) is 69.1. The molecule has 0 N–H and O–H groups in total. The van der Waals surface area contributed by atoms with Crippen molar-refractivity contribution in [1.29, 1.82) is 0 Å². The first-order chi connectivity index (χ1) is 27.8. The van der Waals surface area contributed by atoms with Gasteiger partial charge in [-0.15, -0.1) is 0 Å². The Morgan fingerprint density at radius 3 is 1.88 bits per heavy atom. The van der Waals surface area contributed by atoms with Crippen molar-refractivity contribution < 1.29 is 8.83 Å². The van der Waals surface area contributed by atoms with E-state index >= 15 is 0 Å². The van der Waals surface area contributed by atoms with Crippen LogP contribution in [0.5, 0.6) is 0 Å². The number of hydrogen-bond acceptors (Lipinski definition) is 3. The van der Waals surface area contributed by atoms with Gasteiger partial charge in [0.1, 0.15) is 22.3 Å². The maximum atomic E-state index is 6.68. The predicted octanol–water partition coefficient (Wildman–Crippen LogP) is 14.9. The van der Waals surface area contributed by atoms with Crippen molar-refractivity contribution in [3.63, 3.8) is 0 Å². The second-order valence-corrected chi connectivity index (χ2v) is 14.5. The van der Waals surface area contributed by atoms with E-state index in [1.54, 1.807) is 0 Å². The van der Waals surface area contributed by atoms with Crippen LogP contribution in [0.1, 0.15) is 0 Å². The van der Waals surface area contributed by atoms with Crippen molar-refractivity contribution in [1.82, 2.24) is 4.57 Å². The van der Waals surface area contributed by atoms with Crippen LogP contribution in [0, 0.1) is 0 Å². The summed E-state index contributed by atoms with van der Waals surface area (Å²) in [5, 5.41) is 9.14. The number of para-hydroxylation sites is 4. The molecule has 0 radical (unpaired) electrons. The molecule has 0 amide bonds. The third-order valence-corrected chi connectivity index (χ3v) is 11.4. The number of aromatic nitrogens is 1. The molecule has 0 saturated heterocycles. The van der Waals surface area contributed by atoms with Crippen LogP contribution < -0.4 is 4.90 Å². The second-order valence-electron chi connectivity index (χ2n) is 14.5. The fourth-order valence-electron chi connectivity index (χ4n) is 8.93. The van der Waals surface area contributed by atoms with Crippen molar-refractivity contribution in [2.24, 2.45) is 0 Å². The van der Waals surface area contributed by atoms with E-state index in [1.165, 1.54) is 21.8 Å². The first kappa shape index (κ1) is 30.9.